The number of nitrogens with one attached hydrogen (secondary N) is 2. The number of thiophene rings is 1. The fourth-order valence-electron chi connectivity index (χ4n) is 3.53. The maximum atomic E-state index is 12.7. The third kappa shape index (κ3) is 3.26. The van der Waals surface area contributed by atoms with Crippen LogP contribution in [0.5, 0.6) is 0 Å². The zero-order valence-electron chi connectivity index (χ0n) is 14.6. The Morgan fingerprint density at radius 2 is 2.16 bits per heavy atom. The zero-order chi connectivity index (χ0) is 17.4. The van der Waals surface area contributed by atoms with Gasteiger partial charge in [-0.15, -0.1) is 11.3 Å². The first kappa shape index (κ1) is 16.5. The largest absolute Gasteiger partial charge is 0.309 e. The molecule has 0 bridgehead atoms. The highest BCUT2D eigenvalue weighted by atomic mass is 32.1. The van der Waals surface area contributed by atoms with E-state index in [9.17, 15) is 4.79 Å². The Hall–Kier alpha value is -1.98. The number of fused-ring (bicyclic) bond motifs is 3. The number of aromatic nitrogens is 2. The van der Waals surface area contributed by atoms with E-state index in [4.69, 9.17) is 4.98 Å². The fourth-order valence-corrected chi connectivity index (χ4v) is 4.92. The average Bonchev–Trinajstić information content (AvgIpc) is 2.98. The summed E-state index contributed by atoms with van der Waals surface area (Å²) < 4.78 is 0. The van der Waals surface area contributed by atoms with Crippen molar-refractivity contribution < 1.29 is 0 Å². The molecule has 5 heteroatoms. The molecule has 1 aromatic carbocycles. The van der Waals surface area contributed by atoms with Crippen LogP contribution in [0.25, 0.3) is 10.2 Å². The van der Waals surface area contributed by atoms with Crippen LogP contribution in [-0.2, 0) is 19.4 Å². The third-order valence-electron chi connectivity index (χ3n) is 5.05. The van der Waals surface area contributed by atoms with Crippen LogP contribution in [0.4, 0.5) is 0 Å². The van der Waals surface area contributed by atoms with Gasteiger partial charge in [0, 0.05) is 11.4 Å². The molecule has 4 nitrogen and oxygen atoms in total. The van der Waals surface area contributed by atoms with Crippen LogP contribution in [0.2, 0.25) is 0 Å². The summed E-state index contributed by atoms with van der Waals surface area (Å²) in [5.74, 6) is 1.42. The van der Waals surface area contributed by atoms with E-state index in [-0.39, 0.29) is 11.6 Å². The molecule has 1 aliphatic rings. The molecule has 0 radical (unpaired) electrons. The lowest BCUT2D eigenvalue weighted by atomic mass is 9.89. The molecule has 3 aromatic rings. The number of hydrogen-bond acceptors (Lipinski definition) is 4. The highest BCUT2D eigenvalue weighted by Gasteiger charge is 2.23. The monoisotopic (exact) mass is 353 g/mol. The minimum atomic E-state index is -0.00430. The van der Waals surface area contributed by atoms with Crippen LogP contribution in [0.1, 0.15) is 48.1 Å². The SMILES string of the molecule is C[C@H]1CCc2c(sc3nc([C@H](C)NCc4ccccc4)[nH]c(=O)c23)C1. The highest BCUT2D eigenvalue weighted by Crippen LogP contribution is 2.35. The van der Waals surface area contributed by atoms with Gasteiger partial charge in [0.25, 0.3) is 5.56 Å². The topological polar surface area (TPSA) is 57.8 Å². The quantitative estimate of drug-likeness (QED) is 0.746. The van der Waals surface area contributed by atoms with Crippen LogP contribution in [0, 0.1) is 5.92 Å². The van der Waals surface area contributed by atoms with E-state index in [1.54, 1.807) is 11.3 Å². The van der Waals surface area contributed by atoms with Crippen LogP contribution >= 0.6 is 11.3 Å². The molecule has 0 fully saturated rings. The van der Waals surface area contributed by atoms with Gasteiger partial charge in [-0.05, 0) is 43.2 Å². The first-order valence-electron chi connectivity index (χ1n) is 8.93. The van der Waals surface area contributed by atoms with Crippen molar-refractivity contribution >= 4 is 21.6 Å². The first-order chi connectivity index (χ1) is 12.1. The lowest BCUT2D eigenvalue weighted by Crippen LogP contribution is -2.23. The first-order valence-corrected chi connectivity index (χ1v) is 9.75. The molecule has 0 amide bonds. The number of H-pyrrole nitrogens is 1. The van der Waals surface area contributed by atoms with Gasteiger partial charge in [-0.2, -0.15) is 0 Å². The van der Waals surface area contributed by atoms with Gasteiger partial charge >= 0.3 is 0 Å². The number of rotatable bonds is 4. The van der Waals surface area contributed by atoms with Crippen molar-refractivity contribution in [1.82, 2.24) is 15.3 Å². The molecule has 0 saturated heterocycles. The van der Waals surface area contributed by atoms with E-state index >= 15 is 0 Å². The molecule has 25 heavy (non-hydrogen) atoms. The normalized spacial score (nSPS) is 18.2. The molecule has 0 aliphatic heterocycles. The maximum Gasteiger partial charge on any atom is 0.259 e. The van der Waals surface area contributed by atoms with E-state index in [1.165, 1.54) is 16.0 Å². The molecule has 4 rings (SSSR count). The molecule has 2 aromatic heterocycles. The summed E-state index contributed by atoms with van der Waals surface area (Å²) >= 11 is 1.70. The van der Waals surface area contributed by atoms with Crippen molar-refractivity contribution in [3.8, 4) is 0 Å². The Labute approximate surface area is 151 Å². The smallest absolute Gasteiger partial charge is 0.259 e. The molecule has 2 atom stereocenters. The van der Waals surface area contributed by atoms with Crippen LogP contribution in [0.3, 0.4) is 0 Å². The van der Waals surface area contributed by atoms with E-state index in [1.807, 2.05) is 25.1 Å². The number of aryl methyl sites for hydroxylation is 1. The summed E-state index contributed by atoms with van der Waals surface area (Å²) in [6.45, 7) is 5.08. The minimum Gasteiger partial charge on any atom is -0.309 e. The third-order valence-corrected chi connectivity index (χ3v) is 6.20. The van der Waals surface area contributed by atoms with Crippen LogP contribution < -0.4 is 10.9 Å². The summed E-state index contributed by atoms with van der Waals surface area (Å²) in [5.41, 5.74) is 2.47. The number of aromatic amines is 1. The van der Waals surface area contributed by atoms with Crippen molar-refractivity contribution in [3.63, 3.8) is 0 Å². The predicted molar refractivity (Wildman–Crippen MR) is 103 cm³/mol. The van der Waals surface area contributed by atoms with Crippen molar-refractivity contribution in [2.24, 2.45) is 5.92 Å². The maximum absolute atomic E-state index is 12.7. The summed E-state index contributed by atoms with van der Waals surface area (Å²) in [6.07, 6.45) is 3.24. The van der Waals surface area contributed by atoms with Crippen molar-refractivity contribution in [2.75, 3.05) is 0 Å². The Balaban J connectivity index is 1.61. The molecule has 0 spiro atoms. The lowest BCUT2D eigenvalue weighted by molar-refractivity contribution is 0.509. The summed E-state index contributed by atoms with van der Waals surface area (Å²) in [4.78, 5) is 22.7. The van der Waals surface area contributed by atoms with Crippen LogP contribution in [0.15, 0.2) is 35.1 Å². The van der Waals surface area contributed by atoms with Gasteiger partial charge in [-0.1, -0.05) is 37.3 Å². The summed E-state index contributed by atoms with van der Waals surface area (Å²) in [6, 6.07) is 10.3. The number of hydrogen-bond donors (Lipinski definition) is 2. The molecule has 2 N–H and O–H groups in total. The standard InChI is InChI=1S/C20H23N3OS/c1-12-8-9-15-16(10-12)25-20-17(15)19(24)22-18(23-20)13(2)21-11-14-6-4-3-5-7-14/h3-7,12-13,21H,8-11H2,1-2H3,(H,22,23,24)/t12-,13-/m0/s1. The van der Waals surface area contributed by atoms with Gasteiger partial charge < -0.3 is 10.3 Å². The second-order valence-corrected chi connectivity index (χ2v) is 8.15. The molecular weight excluding hydrogens is 330 g/mol. The molecule has 130 valence electrons. The zero-order valence-corrected chi connectivity index (χ0v) is 15.5. The lowest BCUT2D eigenvalue weighted by Gasteiger charge is -2.17. The summed E-state index contributed by atoms with van der Waals surface area (Å²) in [7, 11) is 0. The van der Waals surface area contributed by atoms with Gasteiger partial charge in [-0.3, -0.25) is 4.79 Å². The van der Waals surface area contributed by atoms with E-state index < -0.39 is 0 Å². The second kappa shape index (κ2) is 6.73. The minimum absolute atomic E-state index is 0.00430. The molecular formula is C20H23N3OS. The Bertz CT molecular complexity index is 945. The molecule has 0 saturated carbocycles. The Kier molecular flexibility index (Phi) is 4.44. The van der Waals surface area contributed by atoms with Gasteiger partial charge in [0.2, 0.25) is 0 Å². The van der Waals surface area contributed by atoms with Gasteiger partial charge in [0.05, 0.1) is 11.4 Å². The van der Waals surface area contributed by atoms with Crippen LogP contribution in [-0.4, -0.2) is 9.97 Å². The van der Waals surface area contributed by atoms with E-state index in [0.29, 0.717) is 5.92 Å². The Morgan fingerprint density at radius 3 is 2.96 bits per heavy atom. The van der Waals surface area contributed by atoms with E-state index in [0.717, 1.165) is 41.8 Å². The van der Waals surface area contributed by atoms with Gasteiger partial charge in [0.15, 0.2) is 0 Å². The Morgan fingerprint density at radius 1 is 1.36 bits per heavy atom. The molecule has 0 unspecified atom stereocenters. The summed E-state index contributed by atoms with van der Waals surface area (Å²) in [5, 5.41) is 4.27. The second-order valence-electron chi connectivity index (χ2n) is 7.07. The molecule has 2 heterocycles. The van der Waals surface area contributed by atoms with Crippen molar-refractivity contribution in [2.45, 2.75) is 45.7 Å². The number of nitrogens with zero attached hydrogens (tertiary/aromatic N) is 1. The average molecular weight is 353 g/mol. The number of benzene rings is 1. The van der Waals surface area contributed by atoms with Crippen molar-refractivity contribution in [3.05, 3.63) is 62.5 Å². The molecule has 1 aliphatic carbocycles. The highest BCUT2D eigenvalue weighted by molar-refractivity contribution is 7.18. The predicted octanol–water partition coefficient (Wildman–Crippen LogP) is 3.96. The van der Waals surface area contributed by atoms with Gasteiger partial charge in [0.1, 0.15) is 10.7 Å². The van der Waals surface area contributed by atoms with Gasteiger partial charge in [-0.25, -0.2) is 4.98 Å². The fraction of sp³-hybridized carbons (Fsp3) is 0.400. The van der Waals surface area contributed by atoms with Crippen molar-refractivity contribution in [1.29, 1.82) is 0 Å². The van der Waals surface area contributed by atoms with E-state index in [2.05, 4.69) is 29.4 Å².